The highest BCUT2D eigenvalue weighted by atomic mass is 32.2. The van der Waals surface area contributed by atoms with E-state index < -0.39 is 0 Å². The van der Waals surface area contributed by atoms with Crippen molar-refractivity contribution in [1.82, 2.24) is 15.3 Å². The third-order valence-electron chi connectivity index (χ3n) is 3.85. The van der Waals surface area contributed by atoms with E-state index in [9.17, 15) is 4.79 Å². The largest absolute Gasteiger partial charge is 0.496 e. The summed E-state index contributed by atoms with van der Waals surface area (Å²) in [7, 11) is 1.61. The molecular weight excluding hydrogens is 350 g/mol. The smallest absolute Gasteiger partial charge is 0.256 e. The molecule has 0 spiro atoms. The Labute approximate surface area is 156 Å². The average Bonchev–Trinajstić information content (AvgIpc) is 3.20. The fraction of sp³-hybridized carbons (Fsp3) is 0.211. The van der Waals surface area contributed by atoms with Crippen molar-refractivity contribution >= 4 is 17.7 Å². The Balaban J connectivity index is 1.85. The maximum absolute atomic E-state index is 12.7. The molecule has 2 heterocycles. The van der Waals surface area contributed by atoms with Gasteiger partial charge < -0.3 is 14.5 Å². The molecule has 6 nitrogen and oxygen atoms in total. The summed E-state index contributed by atoms with van der Waals surface area (Å²) in [6, 6.07) is 11.1. The summed E-state index contributed by atoms with van der Waals surface area (Å²) in [6.07, 6.45) is 3.45. The number of aryl methyl sites for hydroxylation is 1. The second-order valence-electron chi connectivity index (χ2n) is 5.49. The van der Waals surface area contributed by atoms with Gasteiger partial charge in [-0.05, 0) is 31.4 Å². The lowest BCUT2D eigenvalue weighted by Gasteiger charge is -2.13. The van der Waals surface area contributed by atoms with Crippen LogP contribution in [0.25, 0.3) is 11.6 Å². The van der Waals surface area contributed by atoms with Crippen molar-refractivity contribution in [1.29, 1.82) is 0 Å². The van der Waals surface area contributed by atoms with Crippen molar-refractivity contribution in [2.75, 3.05) is 13.4 Å². The van der Waals surface area contributed by atoms with Crippen LogP contribution < -0.4 is 10.1 Å². The van der Waals surface area contributed by atoms with Crippen LogP contribution in [0.15, 0.2) is 52.1 Å². The summed E-state index contributed by atoms with van der Waals surface area (Å²) < 4.78 is 10.7. The highest BCUT2D eigenvalue weighted by molar-refractivity contribution is 7.98. The number of furan rings is 1. The van der Waals surface area contributed by atoms with E-state index >= 15 is 0 Å². The van der Waals surface area contributed by atoms with Gasteiger partial charge >= 0.3 is 0 Å². The number of thioether (sulfide) groups is 1. The lowest BCUT2D eigenvalue weighted by Crippen LogP contribution is -2.25. The van der Waals surface area contributed by atoms with Crippen LogP contribution in [0.2, 0.25) is 0 Å². The number of carbonyl (C=O) groups excluding carboxylic acids is 1. The van der Waals surface area contributed by atoms with E-state index in [0.29, 0.717) is 34.4 Å². The number of nitrogens with one attached hydrogen (secondary N) is 1. The van der Waals surface area contributed by atoms with Crippen LogP contribution in [0.3, 0.4) is 0 Å². The molecule has 0 radical (unpaired) electrons. The number of nitrogens with zero attached hydrogens (tertiary/aromatic N) is 2. The molecule has 1 aromatic carbocycles. The maximum atomic E-state index is 12.7. The highest BCUT2D eigenvalue weighted by Gasteiger charge is 2.20. The Morgan fingerprint density at radius 2 is 2.04 bits per heavy atom. The standard InChI is InChI=1S/C19H19N3O3S/c1-12-16(18(23)20-11-13-7-4-5-8-14(13)24-2)19(26-3)22-17(21-12)15-9-6-10-25-15/h4-10H,11H2,1-3H3,(H,20,23). The van der Waals surface area contributed by atoms with Gasteiger partial charge in [0.15, 0.2) is 11.6 Å². The third-order valence-corrected chi connectivity index (χ3v) is 4.53. The fourth-order valence-corrected chi connectivity index (χ4v) is 3.21. The van der Waals surface area contributed by atoms with Crippen LogP contribution in [0.4, 0.5) is 0 Å². The van der Waals surface area contributed by atoms with Gasteiger partial charge in [0.1, 0.15) is 10.8 Å². The summed E-state index contributed by atoms with van der Waals surface area (Å²) in [4.78, 5) is 21.7. The van der Waals surface area contributed by atoms with E-state index in [-0.39, 0.29) is 5.91 Å². The average molecular weight is 369 g/mol. The van der Waals surface area contributed by atoms with Crippen LogP contribution in [-0.4, -0.2) is 29.2 Å². The predicted octanol–water partition coefficient (Wildman–Crippen LogP) is 3.71. The predicted molar refractivity (Wildman–Crippen MR) is 100 cm³/mol. The van der Waals surface area contributed by atoms with Gasteiger partial charge in [0.05, 0.1) is 24.6 Å². The minimum atomic E-state index is -0.219. The number of benzene rings is 1. The Morgan fingerprint density at radius 1 is 1.23 bits per heavy atom. The number of hydrogen-bond acceptors (Lipinski definition) is 6. The first kappa shape index (κ1) is 18.0. The summed E-state index contributed by atoms with van der Waals surface area (Å²) >= 11 is 1.40. The number of rotatable bonds is 6. The van der Waals surface area contributed by atoms with Crippen molar-refractivity contribution in [3.63, 3.8) is 0 Å². The Morgan fingerprint density at radius 3 is 2.73 bits per heavy atom. The number of ether oxygens (including phenoxy) is 1. The summed E-state index contributed by atoms with van der Waals surface area (Å²) in [5, 5.41) is 3.54. The molecule has 0 fully saturated rings. The first-order valence-corrected chi connectivity index (χ1v) is 9.23. The number of amides is 1. The van der Waals surface area contributed by atoms with Crippen LogP contribution in [0, 0.1) is 6.92 Å². The van der Waals surface area contributed by atoms with Gasteiger partial charge in [0.2, 0.25) is 0 Å². The zero-order chi connectivity index (χ0) is 18.5. The molecule has 3 rings (SSSR count). The first-order chi connectivity index (χ1) is 12.6. The third kappa shape index (κ3) is 3.72. The molecule has 0 bridgehead atoms. The minimum absolute atomic E-state index is 0.219. The van der Waals surface area contributed by atoms with Gasteiger partial charge in [-0.15, -0.1) is 11.8 Å². The number of aromatic nitrogens is 2. The number of carbonyl (C=O) groups is 1. The van der Waals surface area contributed by atoms with Gasteiger partial charge in [-0.1, -0.05) is 18.2 Å². The Kier molecular flexibility index (Phi) is 5.58. The van der Waals surface area contributed by atoms with Crippen molar-refractivity contribution in [2.24, 2.45) is 0 Å². The van der Waals surface area contributed by atoms with Gasteiger partial charge in [-0.3, -0.25) is 4.79 Å². The molecule has 0 saturated carbocycles. The second kappa shape index (κ2) is 8.05. The number of methoxy groups -OCH3 is 1. The summed E-state index contributed by atoms with van der Waals surface area (Å²) in [5.74, 6) is 1.56. The first-order valence-electron chi connectivity index (χ1n) is 8.00. The maximum Gasteiger partial charge on any atom is 0.256 e. The molecular formula is C19H19N3O3S. The zero-order valence-electron chi connectivity index (χ0n) is 14.8. The van der Waals surface area contributed by atoms with Crippen molar-refractivity contribution < 1.29 is 13.9 Å². The normalized spacial score (nSPS) is 10.6. The van der Waals surface area contributed by atoms with E-state index in [2.05, 4.69) is 15.3 Å². The quantitative estimate of drug-likeness (QED) is 0.527. The molecule has 0 aliphatic heterocycles. The summed E-state index contributed by atoms with van der Waals surface area (Å²) in [6.45, 7) is 2.15. The summed E-state index contributed by atoms with van der Waals surface area (Å²) in [5.41, 5.74) is 1.98. The number of hydrogen-bond donors (Lipinski definition) is 1. The number of para-hydroxylation sites is 1. The Hall–Kier alpha value is -2.80. The van der Waals surface area contributed by atoms with Gasteiger partial charge in [-0.2, -0.15) is 0 Å². The van der Waals surface area contributed by atoms with E-state index in [1.165, 1.54) is 11.8 Å². The molecule has 2 aromatic heterocycles. The van der Waals surface area contributed by atoms with Gasteiger partial charge in [0.25, 0.3) is 5.91 Å². The van der Waals surface area contributed by atoms with E-state index in [1.54, 1.807) is 32.4 Å². The lowest BCUT2D eigenvalue weighted by atomic mass is 10.2. The van der Waals surface area contributed by atoms with Gasteiger partial charge in [-0.25, -0.2) is 9.97 Å². The van der Waals surface area contributed by atoms with Crippen LogP contribution in [0.1, 0.15) is 21.6 Å². The monoisotopic (exact) mass is 369 g/mol. The molecule has 0 aliphatic rings. The van der Waals surface area contributed by atoms with Crippen molar-refractivity contribution in [3.05, 3.63) is 59.5 Å². The highest BCUT2D eigenvalue weighted by Crippen LogP contribution is 2.25. The molecule has 0 saturated heterocycles. The van der Waals surface area contributed by atoms with E-state index in [1.807, 2.05) is 30.5 Å². The molecule has 0 atom stereocenters. The van der Waals surface area contributed by atoms with Crippen LogP contribution in [-0.2, 0) is 6.54 Å². The van der Waals surface area contributed by atoms with Crippen molar-refractivity contribution in [3.8, 4) is 17.3 Å². The van der Waals surface area contributed by atoms with Crippen LogP contribution in [0.5, 0.6) is 5.75 Å². The van der Waals surface area contributed by atoms with Crippen LogP contribution >= 0.6 is 11.8 Å². The fourth-order valence-electron chi connectivity index (χ4n) is 2.58. The van der Waals surface area contributed by atoms with E-state index in [0.717, 1.165) is 11.3 Å². The zero-order valence-corrected chi connectivity index (χ0v) is 15.6. The molecule has 1 N–H and O–H groups in total. The molecule has 134 valence electrons. The second-order valence-corrected chi connectivity index (χ2v) is 6.28. The van der Waals surface area contributed by atoms with E-state index in [4.69, 9.17) is 9.15 Å². The Bertz CT molecular complexity index is 910. The molecule has 0 aliphatic carbocycles. The lowest BCUT2D eigenvalue weighted by molar-refractivity contribution is 0.0946. The minimum Gasteiger partial charge on any atom is -0.496 e. The van der Waals surface area contributed by atoms with Crippen molar-refractivity contribution in [2.45, 2.75) is 18.5 Å². The molecule has 26 heavy (non-hydrogen) atoms. The molecule has 0 unspecified atom stereocenters. The SMILES string of the molecule is COc1ccccc1CNC(=O)c1c(C)nc(-c2ccco2)nc1SC. The topological polar surface area (TPSA) is 77.2 Å². The molecule has 7 heteroatoms. The molecule has 1 amide bonds. The molecule has 3 aromatic rings. The van der Waals surface area contributed by atoms with Gasteiger partial charge in [0, 0.05) is 12.1 Å².